The van der Waals surface area contributed by atoms with Crippen LogP contribution >= 0.6 is 0 Å². The molecular weight excluding hydrogens is 387 g/mol. The van der Waals surface area contributed by atoms with E-state index in [2.05, 4.69) is 46.6 Å². The first-order valence-corrected chi connectivity index (χ1v) is 11.1. The van der Waals surface area contributed by atoms with Crippen molar-refractivity contribution in [2.24, 2.45) is 0 Å². The Hall–Kier alpha value is -2.98. The maximum absolute atomic E-state index is 14.7. The molecule has 0 radical (unpaired) electrons. The van der Waals surface area contributed by atoms with E-state index in [1.54, 1.807) is 6.07 Å². The van der Waals surface area contributed by atoms with Gasteiger partial charge in [0.2, 0.25) is 5.91 Å². The number of hydrogen-bond donors (Lipinski definition) is 1. The number of nitrogens with one attached hydrogen (secondary N) is 1. The van der Waals surface area contributed by atoms with Crippen LogP contribution in [0.15, 0.2) is 78.9 Å². The molecule has 2 aliphatic heterocycles. The van der Waals surface area contributed by atoms with Crippen molar-refractivity contribution in [3.63, 3.8) is 0 Å². The average molecular weight is 415 g/mol. The highest BCUT2D eigenvalue weighted by molar-refractivity contribution is 5.78. The summed E-state index contributed by atoms with van der Waals surface area (Å²) < 4.78 is 14.7. The van der Waals surface area contributed by atoms with E-state index in [1.807, 2.05) is 30.3 Å². The highest BCUT2D eigenvalue weighted by atomic mass is 19.1. The smallest absolute Gasteiger partial charge is 0.220 e. The Kier molecular flexibility index (Phi) is 5.33. The van der Waals surface area contributed by atoms with Gasteiger partial charge in [-0.15, -0.1) is 0 Å². The molecule has 3 nitrogen and oxygen atoms in total. The summed E-state index contributed by atoms with van der Waals surface area (Å²) in [5.74, 6) is -0.135. The van der Waals surface area contributed by atoms with Crippen molar-refractivity contribution in [2.45, 2.75) is 37.3 Å². The lowest BCUT2D eigenvalue weighted by molar-refractivity contribution is -0.125. The minimum absolute atomic E-state index is 0.0402. The third kappa shape index (κ3) is 4.00. The molecule has 1 amide bonds. The molecular formula is C27H27FN2O. The van der Waals surface area contributed by atoms with Crippen molar-refractivity contribution in [3.8, 4) is 11.1 Å². The summed E-state index contributed by atoms with van der Waals surface area (Å²) in [6.07, 6.45) is 2.31. The van der Waals surface area contributed by atoms with Gasteiger partial charge in [-0.2, -0.15) is 0 Å². The van der Waals surface area contributed by atoms with E-state index < -0.39 is 0 Å². The third-order valence-corrected chi connectivity index (χ3v) is 6.78. The van der Waals surface area contributed by atoms with Crippen LogP contribution in [0.25, 0.3) is 11.1 Å². The quantitative estimate of drug-likeness (QED) is 0.642. The topological polar surface area (TPSA) is 32.3 Å². The van der Waals surface area contributed by atoms with Crippen molar-refractivity contribution in [1.29, 1.82) is 0 Å². The van der Waals surface area contributed by atoms with Crippen LogP contribution in [0.2, 0.25) is 0 Å². The van der Waals surface area contributed by atoms with E-state index in [-0.39, 0.29) is 23.2 Å². The number of carbonyl (C=O) groups excluding carboxylic acids is 1. The molecule has 2 fully saturated rings. The summed E-state index contributed by atoms with van der Waals surface area (Å²) >= 11 is 0. The van der Waals surface area contributed by atoms with E-state index in [9.17, 15) is 9.18 Å². The van der Waals surface area contributed by atoms with Gasteiger partial charge < -0.3 is 5.32 Å². The van der Waals surface area contributed by atoms with Crippen molar-refractivity contribution in [3.05, 3.63) is 95.8 Å². The molecule has 1 N–H and O–H groups in total. The fourth-order valence-electron chi connectivity index (χ4n) is 5.32. The van der Waals surface area contributed by atoms with Crippen LogP contribution in [0.1, 0.15) is 36.3 Å². The Balaban J connectivity index is 1.38. The number of benzene rings is 3. The van der Waals surface area contributed by atoms with Gasteiger partial charge in [-0.1, -0.05) is 72.8 Å². The van der Waals surface area contributed by atoms with Crippen molar-refractivity contribution < 1.29 is 9.18 Å². The van der Waals surface area contributed by atoms with Gasteiger partial charge in [-0.05, 0) is 41.2 Å². The molecule has 0 aliphatic carbocycles. The molecule has 2 aliphatic rings. The highest BCUT2D eigenvalue weighted by Gasteiger charge is 2.49. The largest absolute Gasteiger partial charge is 0.349 e. The zero-order valence-electron chi connectivity index (χ0n) is 17.6. The zero-order valence-corrected chi connectivity index (χ0v) is 17.6. The van der Waals surface area contributed by atoms with Gasteiger partial charge in [-0.25, -0.2) is 4.39 Å². The molecule has 0 bridgehead atoms. The van der Waals surface area contributed by atoms with E-state index in [0.29, 0.717) is 12.0 Å². The monoisotopic (exact) mass is 414 g/mol. The van der Waals surface area contributed by atoms with Crippen molar-refractivity contribution in [1.82, 2.24) is 10.2 Å². The van der Waals surface area contributed by atoms with Gasteiger partial charge in [0.05, 0.1) is 5.54 Å². The Morgan fingerprint density at radius 2 is 1.65 bits per heavy atom. The Bertz CT molecular complexity index is 1070. The molecule has 0 unspecified atom stereocenters. The molecule has 2 saturated heterocycles. The van der Waals surface area contributed by atoms with Gasteiger partial charge in [-0.3, -0.25) is 9.69 Å². The Labute approximate surface area is 182 Å². The minimum Gasteiger partial charge on any atom is -0.349 e. The number of hydrogen-bond acceptors (Lipinski definition) is 2. The average Bonchev–Trinajstić information content (AvgIpc) is 3.11. The van der Waals surface area contributed by atoms with Gasteiger partial charge in [0.15, 0.2) is 0 Å². The van der Waals surface area contributed by atoms with Gasteiger partial charge >= 0.3 is 0 Å². The highest BCUT2D eigenvalue weighted by Crippen LogP contribution is 2.42. The number of likely N-dealkylation sites (tertiary alicyclic amines) is 1. The number of rotatable bonds is 4. The van der Waals surface area contributed by atoms with Gasteiger partial charge in [0.1, 0.15) is 5.82 Å². The first-order chi connectivity index (χ1) is 15.1. The lowest BCUT2D eigenvalue weighted by atomic mass is 9.76. The predicted molar refractivity (Wildman–Crippen MR) is 121 cm³/mol. The van der Waals surface area contributed by atoms with E-state index >= 15 is 0 Å². The van der Waals surface area contributed by atoms with Gasteiger partial charge in [0.25, 0.3) is 0 Å². The van der Waals surface area contributed by atoms with Crippen LogP contribution in [0.3, 0.4) is 0 Å². The normalized spacial score (nSPS) is 23.8. The molecule has 2 heterocycles. The summed E-state index contributed by atoms with van der Waals surface area (Å²) in [6, 6.07) is 26.0. The predicted octanol–water partition coefficient (Wildman–Crippen LogP) is 5.13. The van der Waals surface area contributed by atoms with E-state index in [1.165, 1.54) is 22.8 Å². The lowest BCUT2D eigenvalue weighted by Crippen LogP contribution is -2.56. The summed E-state index contributed by atoms with van der Waals surface area (Å²) in [4.78, 5) is 14.7. The molecule has 4 heteroatoms. The standard InChI is InChI=1S/C27H27FN2O/c28-25-10-5-4-9-23(25)24-18-30(19-27(24)16-6-11-26(31)29-27)17-20-12-14-22(15-13-20)21-7-2-1-3-8-21/h1-5,7-10,12-15,24H,6,11,16-19H2,(H,29,31)/t24-,27+/m0/s1. The van der Waals surface area contributed by atoms with Crippen LogP contribution in [0, 0.1) is 5.82 Å². The van der Waals surface area contributed by atoms with Crippen LogP contribution in [0.5, 0.6) is 0 Å². The van der Waals surface area contributed by atoms with E-state index in [0.717, 1.165) is 32.5 Å². The van der Waals surface area contributed by atoms with E-state index in [4.69, 9.17) is 0 Å². The number of amides is 1. The molecule has 2 atom stereocenters. The Morgan fingerprint density at radius 3 is 2.39 bits per heavy atom. The molecule has 3 aromatic rings. The minimum atomic E-state index is -0.387. The third-order valence-electron chi connectivity index (χ3n) is 6.78. The van der Waals surface area contributed by atoms with Crippen molar-refractivity contribution in [2.75, 3.05) is 13.1 Å². The summed E-state index contributed by atoms with van der Waals surface area (Å²) in [5.41, 5.74) is 3.96. The molecule has 1 spiro atoms. The van der Waals surface area contributed by atoms with Crippen molar-refractivity contribution >= 4 is 5.91 Å². The molecule has 0 aromatic heterocycles. The molecule has 0 saturated carbocycles. The summed E-state index contributed by atoms with van der Waals surface area (Å²) in [6.45, 7) is 2.28. The number of piperidine rings is 1. The van der Waals surface area contributed by atoms with Crippen LogP contribution in [-0.4, -0.2) is 29.4 Å². The molecule has 158 valence electrons. The SMILES string of the molecule is O=C1CCC[C@]2(CN(Cc3ccc(-c4ccccc4)cc3)C[C@H]2c2ccccc2F)N1. The van der Waals surface area contributed by atoms with Crippen LogP contribution < -0.4 is 5.32 Å². The molecule has 3 aromatic carbocycles. The van der Waals surface area contributed by atoms with Crippen LogP contribution in [-0.2, 0) is 11.3 Å². The second-order valence-corrected chi connectivity index (χ2v) is 8.86. The lowest BCUT2D eigenvalue weighted by Gasteiger charge is -2.39. The Morgan fingerprint density at radius 1 is 0.935 bits per heavy atom. The number of halogens is 1. The van der Waals surface area contributed by atoms with Gasteiger partial charge in [0, 0.05) is 32.0 Å². The maximum Gasteiger partial charge on any atom is 0.220 e. The fraction of sp³-hybridized carbons (Fsp3) is 0.296. The second kappa shape index (κ2) is 8.27. The number of nitrogens with zero attached hydrogens (tertiary/aromatic N) is 1. The zero-order chi connectivity index (χ0) is 21.3. The first-order valence-electron chi connectivity index (χ1n) is 11.1. The van der Waals surface area contributed by atoms with Crippen LogP contribution in [0.4, 0.5) is 4.39 Å². The summed E-state index contributed by atoms with van der Waals surface area (Å²) in [7, 11) is 0. The summed E-state index contributed by atoms with van der Waals surface area (Å²) in [5, 5.41) is 3.27. The molecule has 5 rings (SSSR count). The fourth-order valence-corrected chi connectivity index (χ4v) is 5.32. The second-order valence-electron chi connectivity index (χ2n) is 8.86. The number of carbonyl (C=O) groups is 1. The first kappa shape index (κ1) is 20.0. The maximum atomic E-state index is 14.7. The molecule has 31 heavy (non-hydrogen) atoms.